The van der Waals surface area contributed by atoms with Gasteiger partial charge in [0.05, 0.1) is 10.6 Å². The highest BCUT2D eigenvalue weighted by Crippen LogP contribution is 2.23. The predicted octanol–water partition coefficient (Wildman–Crippen LogP) is 2.88. The Labute approximate surface area is 125 Å². The largest absolute Gasteiger partial charge is 0.326 e. The van der Waals surface area contributed by atoms with Crippen LogP contribution < -0.4 is 10.5 Å². The van der Waals surface area contributed by atoms with E-state index in [1.807, 2.05) is 0 Å². The summed E-state index contributed by atoms with van der Waals surface area (Å²) in [6, 6.07) is 6.76. The van der Waals surface area contributed by atoms with Crippen LogP contribution in [0.1, 0.15) is 5.56 Å². The molecule has 0 aliphatic rings. The van der Waals surface area contributed by atoms with Crippen molar-refractivity contribution in [3.63, 3.8) is 0 Å². The fourth-order valence-electron chi connectivity index (χ4n) is 1.63. The molecule has 3 N–H and O–H groups in total. The Bertz CT molecular complexity index is 782. The minimum Gasteiger partial charge on any atom is -0.326 e. The highest BCUT2D eigenvalue weighted by atomic mass is 35.5. The van der Waals surface area contributed by atoms with Gasteiger partial charge in [0.1, 0.15) is 0 Å². The lowest BCUT2D eigenvalue weighted by Gasteiger charge is -2.10. The van der Waals surface area contributed by atoms with Gasteiger partial charge in [0.2, 0.25) is 0 Å². The van der Waals surface area contributed by atoms with E-state index in [-0.39, 0.29) is 22.2 Å². The lowest BCUT2D eigenvalue weighted by atomic mass is 10.2. The molecule has 8 heteroatoms. The lowest BCUT2D eigenvalue weighted by Crippen LogP contribution is -2.13. The molecule has 0 atom stereocenters. The number of nitrogens with two attached hydrogens (primary N) is 1. The summed E-state index contributed by atoms with van der Waals surface area (Å²) in [5, 5.41) is 0.214. The summed E-state index contributed by atoms with van der Waals surface area (Å²) in [7, 11) is -3.95. The van der Waals surface area contributed by atoms with Crippen molar-refractivity contribution in [2.75, 3.05) is 4.72 Å². The molecule has 0 aliphatic heterocycles. The first-order chi connectivity index (χ1) is 9.83. The monoisotopic (exact) mass is 332 g/mol. The molecular formula is C13H11ClF2N2O2S. The van der Waals surface area contributed by atoms with Crippen LogP contribution in [0.25, 0.3) is 0 Å². The molecule has 0 amide bonds. The summed E-state index contributed by atoms with van der Waals surface area (Å²) in [5.41, 5.74) is 5.95. The molecule has 21 heavy (non-hydrogen) atoms. The van der Waals surface area contributed by atoms with Crippen molar-refractivity contribution in [2.45, 2.75) is 11.4 Å². The SMILES string of the molecule is NCc1ccc(S(=O)(=O)Nc2ccc(F)c(F)c2)cc1Cl. The van der Waals surface area contributed by atoms with Gasteiger partial charge in [0.25, 0.3) is 10.0 Å². The molecule has 0 radical (unpaired) electrons. The summed E-state index contributed by atoms with van der Waals surface area (Å²) in [5.74, 6) is -2.21. The van der Waals surface area contributed by atoms with E-state index < -0.39 is 21.7 Å². The van der Waals surface area contributed by atoms with Crippen LogP contribution in [-0.2, 0) is 16.6 Å². The zero-order valence-electron chi connectivity index (χ0n) is 10.6. The van der Waals surface area contributed by atoms with E-state index >= 15 is 0 Å². The number of rotatable bonds is 4. The second-order valence-corrected chi connectivity index (χ2v) is 6.28. The second kappa shape index (κ2) is 5.97. The Hall–Kier alpha value is -1.70. The van der Waals surface area contributed by atoms with E-state index in [2.05, 4.69) is 4.72 Å². The van der Waals surface area contributed by atoms with Crippen LogP contribution in [0.2, 0.25) is 5.02 Å². The standard InChI is InChI=1S/C13H11ClF2N2O2S/c14-11-6-10(3-1-8(11)7-17)21(19,20)18-9-2-4-12(15)13(16)5-9/h1-6,18H,7,17H2. The van der Waals surface area contributed by atoms with Crippen LogP contribution in [0.5, 0.6) is 0 Å². The van der Waals surface area contributed by atoms with Crippen LogP contribution in [-0.4, -0.2) is 8.42 Å². The van der Waals surface area contributed by atoms with Gasteiger partial charge in [-0.1, -0.05) is 17.7 Å². The molecule has 2 aromatic rings. The first-order valence-corrected chi connectivity index (χ1v) is 7.66. The van der Waals surface area contributed by atoms with Crippen molar-refractivity contribution < 1.29 is 17.2 Å². The molecule has 0 fully saturated rings. The number of nitrogens with one attached hydrogen (secondary N) is 1. The lowest BCUT2D eigenvalue weighted by molar-refractivity contribution is 0.509. The highest BCUT2D eigenvalue weighted by Gasteiger charge is 2.16. The van der Waals surface area contributed by atoms with Gasteiger partial charge in [-0.15, -0.1) is 0 Å². The molecule has 0 aliphatic carbocycles. The third-order valence-corrected chi connectivity index (χ3v) is 4.46. The average molecular weight is 333 g/mol. The Morgan fingerprint density at radius 2 is 1.81 bits per heavy atom. The smallest absolute Gasteiger partial charge is 0.261 e. The molecule has 0 saturated carbocycles. The zero-order chi connectivity index (χ0) is 15.6. The van der Waals surface area contributed by atoms with Crippen LogP contribution >= 0.6 is 11.6 Å². The number of halogens is 3. The fourth-order valence-corrected chi connectivity index (χ4v) is 3.03. The molecule has 0 bridgehead atoms. The Kier molecular flexibility index (Phi) is 4.46. The van der Waals surface area contributed by atoms with Gasteiger partial charge in [-0.25, -0.2) is 17.2 Å². The second-order valence-electron chi connectivity index (χ2n) is 4.19. The molecule has 2 rings (SSSR count). The van der Waals surface area contributed by atoms with Crippen LogP contribution in [0, 0.1) is 11.6 Å². The van der Waals surface area contributed by atoms with Gasteiger partial charge in [-0.3, -0.25) is 4.72 Å². The van der Waals surface area contributed by atoms with E-state index in [0.717, 1.165) is 18.2 Å². The Morgan fingerprint density at radius 1 is 1.10 bits per heavy atom. The fraction of sp³-hybridized carbons (Fsp3) is 0.0769. The first-order valence-electron chi connectivity index (χ1n) is 5.80. The van der Waals surface area contributed by atoms with Crippen molar-refractivity contribution >= 4 is 27.3 Å². The number of benzene rings is 2. The summed E-state index contributed by atoms with van der Waals surface area (Å²) < 4.78 is 52.3. The van der Waals surface area contributed by atoms with E-state index in [0.29, 0.717) is 5.56 Å². The van der Waals surface area contributed by atoms with Gasteiger partial charge in [0, 0.05) is 17.6 Å². The minimum absolute atomic E-state index is 0.0899. The molecule has 0 unspecified atom stereocenters. The van der Waals surface area contributed by atoms with Gasteiger partial charge in [0.15, 0.2) is 11.6 Å². The van der Waals surface area contributed by atoms with Crippen molar-refractivity contribution in [1.82, 2.24) is 0 Å². The van der Waals surface area contributed by atoms with Crippen LogP contribution in [0.3, 0.4) is 0 Å². The Morgan fingerprint density at radius 3 is 2.38 bits per heavy atom. The molecule has 0 spiro atoms. The normalized spacial score (nSPS) is 11.4. The highest BCUT2D eigenvalue weighted by molar-refractivity contribution is 7.92. The molecular weight excluding hydrogens is 322 g/mol. The maximum absolute atomic E-state index is 13.1. The topological polar surface area (TPSA) is 72.2 Å². The van der Waals surface area contributed by atoms with Crippen LogP contribution in [0.4, 0.5) is 14.5 Å². The summed E-state index contributed by atoms with van der Waals surface area (Å²) in [6.45, 7) is 0.176. The van der Waals surface area contributed by atoms with Gasteiger partial charge < -0.3 is 5.73 Å². The molecule has 4 nitrogen and oxygen atoms in total. The van der Waals surface area contributed by atoms with Gasteiger partial charge >= 0.3 is 0 Å². The van der Waals surface area contributed by atoms with Gasteiger partial charge in [-0.2, -0.15) is 0 Å². The van der Waals surface area contributed by atoms with E-state index in [4.69, 9.17) is 17.3 Å². The molecule has 112 valence electrons. The maximum Gasteiger partial charge on any atom is 0.261 e. The number of hydrogen-bond acceptors (Lipinski definition) is 3. The predicted molar refractivity (Wildman–Crippen MR) is 76.5 cm³/mol. The summed E-state index contributed by atoms with van der Waals surface area (Å²) in [6.07, 6.45) is 0. The van der Waals surface area contributed by atoms with E-state index in [9.17, 15) is 17.2 Å². The molecule has 0 saturated heterocycles. The molecule has 0 aromatic heterocycles. The third-order valence-electron chi connectivity index (χ3n) is 2.73. The number of sulfonamides is 1. The first kappa shape index (κ1) is 15.7. The third kappa shape index (κ3) is 3.49. The molecule has 2 aromatic carbocycles. The van der Waals surface area contributed by atoms with E-state index in [1.165, 1.54) is 18.2 Å². The van der Waals surface area contributed by atoms with Crippen molar-refractivity contribution in [2.24, 2.45) is 5.73 Å². The van der Waals surface area contributed by atoms with Crippen molar-refractivity contribution in [3.05, 3.63) is 58.6 Å². The minimum atomic E-state index is -3.95. The zero-order valence-corrected chi connectivity index (χ0v) is 12.2. The maximum atomic E-state index is 13.1. The van der Waals surface area contributed by atoms with Gasteiger partial charge in [-0.05, 0) is 29.8 Å². The summed E-state index contributed by atoms with van der Waals surface area (Å²) in [4.78, 5) is -0.102. The molecule has 0 heterocycles. The number of anilines is 1. The van der Waals surface area contributed by atoms with Crippen molar-refractivity contribution in [1.29, 1.82) is 0 Å². The van der Waals surface area contributed by atoms with Crippen molar-refractivity contribution in [3.8, 4) is 0 Å². The quantitative estimate of drug-likeness (QED) is 0.904. The summed E-state index contributed by atoms with van der Waals surface area (Å²) >= 11 is 5.90. The Balaban J connectivity index is 2.33. The van der Waals surface area contributed by atoms with Crippen LogP contribution in [0.15, 0.2) is 41.3 Å². The van der Waals surface area contributed by atoms with E-state index in [1.54, 1.807) is 0 Å². The number of hydrogen-bond donors (Lipinski definition) is 2. The average Bonchev–Trinajstić information content (AvgIpc) is 2.42.